The summed E-state index contributed by atoms with van der Waals surface area (Å²) in [5.41, 5.74) is 4.70. The zero-order chi connectivity index (χ0) is 26.4. The van der Waals surface area contributed by atoms with Crippen molar-refractivity contribution in [3.8, 4) is 0 Å². The van der Waals surface area contributed by atoms with E-state index in [2.05, 4.69) is 52.6 Å². The van der Waals surface area contributed by atoms with E-state index in [4.69, 9.17) is 0 Å². The number of aliphatic imine (C=N–C) groups is 1. The van der Waals surface area contributed by atoms with Crippen LogP contribution in [-0.4, -0.2) is 12.0 Å². The number of fused-ring (bicyclic) bond motifs is 2. The summed E-state index contributed by atoms with van der Waals surface area (Å²) in [6.45, 7) is 13.5. The average Bonchev–Trinajstić information content (AvgIpc) is 2.90. The summed E-state index contributed by atoms with van der Waals surface area (Å²) in [7, 11) is 0. The van der Waals surface area contributed by atoms with Crippen LogP contribution in [-0.2, 0) is 4.79 Å². The molecule has 0 spiro atoms. The minimum absolute atomic E-state index is 0.268. The summed E-state index contributed by atoms with van der Waals surface area (Å²) in [5, 5.41) is 13.2. The molecule has 0 aliphatic carbocycles. The Kier molecular flexibility index (Phi) is 7.80. The third kappa shape index (κ3) is 6.11. The first-order chi connectivity index (χ1) is 17.8. The van der Waals surface area contributed by atoms with E-state index in [0.29, 0.717) is 17.0 Å². The number of aryl methyl sites for hydroxylation is 1. The summed E-state index contributed by atoms with van der Waals surface area (Å²) < 4.78 is 0. The standard InChI is InChI=1S/C33H29N3O/c1-22-17-18-28-12-7-9-16-31(28)32(22)36-35-26(5)20-24(3)33(37)23(2)19-25(4)34-21-29-14-10-13-27-11-6-8-15-30(27)29/h6-21H,2-3H2,1,4-5H3/b25-19+,26-20+,34-21?,36-35?. The number of carbonyl (C=O) groups is 1. The SMILES string of the molecule is C=C(/C=C(\C)N=Cc1cccc2ccccc12)C(=O)C(=C)/C=C(\C)N=Nc1c(C)ccc2ccccc12. The van der Waals surface area contributed by atoms with Gasteiger partial charge in [-0.2, -0.15) is 5.11 Å². The van der Waals surface area contributed by atoms with Crippen LogP contribution in [0.4, 0.5) is 5.69 Å². The lowest BCUT2D eigenvalue weighted by Crippen LogP contribution is -2.01. The van der Waals surface area contributed by atoms with Gasteiger partial charge in [0.15, 0.2) is 5.78 Å². The molecule has 4 rings (SSSR count). The van der Waals surface area contributed by atoms with Crippen molar-refractivity contribution in [3.05, 3.63) is 138 Å². The first kappa shape index (κ1) is 25.4. The molecule has 0 saturated carbocycles. The predicted molar refractivity (Wildman–Crippen MR) is 156 cm³/mol. The second-order valence-corrected chi connectivity index (χ2v) is 8.93. The lowest BCUT2D eigenvalue weighted by Gasteiger charge is -2.05. The van der Waals surface area contributed by atoms with Crippen LogP contribution in [0, 0.1) is 6.92 Å². The molecule has 0 atom stereocenters. The molecule has 4 aromatic rings. The molecule has 0 saturated heterocycles. The maximum absolute atomic E-state index is 12.9. The zero-order valence-electron chi connectivity index (χ0n) is 21.4. The molecule has 4 nitrogen and oxygen atoms in total. The summed E-state index contributed by atoms with van der Waals surface area (Å²) in [6, 6.07) is 26.4. The Morgan fingerprint density at radius 2 is 1.32 bits per heavy atom. The summed E-state index contributed by atoms with van der Waals surface area (Å²) >= 11 is 0. The smallest absolute Gasteiger partial charge is 0.191 e. The lowest BCUT2D eigenvalue weighted by molar-refractivity contribution is -0.111. The first-order valence-corrected chi connectivity index (χ1v) is 12.0. The van der Waals surface area contributed by atoms with Crippen molar-refractivity contribution in [1.82, 2.24) is 0 Å². The van der Waals surface area contributed by atoms with Crippen molar-refractivity contribution in [3.63, 3.8) is 0 Å². The Morgan fingerprint density at radius 3 is 2.05 bits per heavy atom. The van der Waals surface area contributed by atoms with Crippen LogP contribution in [0.2, 0.25) is 0 Å². The van der Waals surface area contributed by atoms with Gasteiger partial charge in [-0.25, -0.2) is 0 Å². The maximum Gasteiger partial charge on any atom is 0.191 e. The summed E-state index contributed by atoms with van der Waals surface area (Å²) in [4.78, 5) is 17.4. The zero-order valence-corrected chi connectivity index (χ0v) is 21.4. The number of hydrogen-bond donors (Lipinski definition) is 0. The van der Waals surface area contributed by atoms with E-state index in [1.807, 2.05) is 68.4 Å². The largest absolute Gasteiger partial charge is 0.289 e. The number of hydrogen-bond acceptors (Lipinski definition) is 4. The van der Waals surface area contributed by atoms with Gasteiger partial charge in [-0.3, -0.25) is 9.79 Å². The molecule has 0 fully saturated rings. The van der Waals surface area contributed by atoms with Gasteiger partial charge in [0, 0.05) is 34.0 Å². The number of carbonyl (C=O) groups excluding carboxylic acids is 1. The van der Waals surface area contributed by atoms with Crippen LogP contribution in [0.15, 0.2) is 142 Å². The second kappa shape index (κ2) is 11.4. The number of Topliss-reactive ketones (excluding diaryl/α,β-unsaturated/α-hetero) is 1. The Morgan fingerprint density at radius 1 is 0.730 bits per heavy atom. The molecule has 0 aliphatic rings. The fraction of sp³-hybridized carbons (Fsp3) is 0.0909. The van der Waals surface area contributed by atoms with E-state index in [-0.39, 0.29) is 11.4 Å². The van der Waals surface area contributed by atoms with Crippen LogP contribution >= 0.6 is 0 Å². The van der Waals surface area contributed by atoms with Gasteiger partial charge in [0.2, 0.25) is 0 Å². The first-order valence-electron chi connectivity index (χ1n) is 12.0. The molecule has 37 heavy (non-hydrogen) atoms. The van der Waals surface area contributed by atoms with E-state index in [0.717, 1.165) is 38.4 Å². The highest BCUT2D eigenvalue weighted by Gasteiger charge is 2.09. The molecular formula is C33H29N3O. The maximum atomic E-state index is 12.9. The Labute approximate surface area is 217 Å². The number of nitrogens with zero attached hydrogens (tertiary/aromatic N) is 3. The number of benzene rings is 4. The lowest BCUT2D eigenvalue weighted by atomic mass is 10.0. The van der Waals surface area contributed by atoms with E-state index < -0.39 is 0 Å². The number of rotatable bonds is 8. The van der Waals surface area contributed by atoms with Gasteiger partial charge >= 0.3 is 0 Å². The van der Waals surface area contributed by atoms with Gasteiger partial charge in [-0.15, -0.1) is 5.11 Å². The minimum atomic E-state index is -0.268. The molecule has 0 N–H and O–H groups in total. The van der Waals surface area contributed by atoms with Gasteiger partial charge < -0.3 is 0 Å². The van der Waals surface area contributed by atoms with E-state index in [1.54, 1.807) is 25.3 Å². The molecule has 0 radical (unpaired) electrons. The number of allylic oxidation sites excluding steroid dienone is 6. The van der Waals surface area contributed by atoms with Gasteiger partial charge in [-0.1, -0.05) is 92.0 Å². The van der Waals surface area contributed by atoms with E-state index in [1.165, 1.54) is 0 Å². The van der Waals surface area contributed by atoms with Crippen LogP contribution in [0.1, 0.15) is 25.0 Å². The Bertz CT molecular complexity index is 1650. The fourth-order valence-electron chi connectivity index (χ4n) is 4.07. The monoisotopic (exact) mass is 483 g/mol. The Balaban J connectivity index is 1.45. The fourth-order valence-corrected chi connectivity index (χ4v) is 4.07. The highest BCUT2D eigenvalue weighted by atomic mass is 16.1. The van der Waals surface area contributed by atoms with Crippen LogP contribution in [0.5, 0.6) is 0 Å². The Hall–Kier alpha value is -4.70. The van der Waals surface area contributed by atoms with Gasteiger partial charge in [0.05, 0.1) is 11.4 Å². The quantitative estimate of drug-likeness (QED) is 0.107. The van der Waals surface area contributed by atoms with Crippen LogP contribution in [0.3, 0.4) is 0 Å². The highest BCUT2D eigenvalue weighted by Crippen LogP contribution is 2.30. The highest BCUT2D eigenvalue weighted by molar-refractivity contribution is 6.11. The van der Waals surface area contributed by atoms with Gasteiger partial charge in [0.25, 0.3) is 0 Å². The molecule has 0 unspecified atom stereocenters. The predicted octanol–water partition coefficient (Wildman–Crippen LogP) is 8.99. The summed E-state index contributed by atoms with van der Waals surface area (Å²) in [5.74, 6) is -0.268. The number of ketones is 1. The molecule has 4 heteroatoms. The topological polar surface area (TPSA) is 54.1 Å². The third-order valence-corrected chi connectivity index (χ3v) is 5.99. The number of azo groups is 1. The minimum Gasteiger partial charge on any atom is -0.289 e. The van der Waals surface area contributed by atoms with Crippen molar-refractivity contribution in [2.75, 3.05) is 0 Å². The molecule has 182 valence electrons. The normalized spacial score (nSPS) is 12.6. The molecule has 0 aromatic heterocycles. The second-order valence-electron chi connectivity index (χ2n) is 8.93. The van der Waals surface area contributed by atoms with Crippen LogP contribution in [0.25, 0.3) is 21.5 Å². The molecule has 4 aromatic carbocycles. The molecule has 0 bridgehead atoms. The summed E-state index contributed by atoms with van der Waals surface area (Å²) in [6.07, 6.45) is 5.10. The van der Waals surface area contributed by atoms with Crippen molar-refractivity contribution in [2.45, 2.75) is 20.8 Å². The van der Waals surface area contributed by atoms with Gasteiger partial charge in [-0.05, 0) is 54.6 Å². The molecule has 0 amide bonds. The van der Waals surface area contributed by atoms with Crippen molar-refractivity contribution < 1.29 is 4.79 Å². The van der Waals surface area contributed by atoms with Crippen molar-refractivity contribution in [2.24, 2.45) is 15.2 Å². The molecule has 0 heterocycles. The van der Waals surface area contributed by atoms with Crippen LogP contribution < -0.4 is 0 Å². The van der Waals surface area contributed by atoms with E-state index >= 15 is 0 Å². The molecular weight excluding hydrogens is 454 g/mol. The van der Waals surface area contributed by atoms with E-state index in [9.17, 15) is 4.79 Å². The van der Waals surface area contributed by atoms with Crippen molar-refractivity contribution >= 4 is 39.2 Å². The van der Waals surface area contributed by atoms with Crippen molar-refractivity contribution in [1.29, 1.82) is 0 Å². The third-order valence-electron chi connectivity index (χ3n) is 5.99. The average molecular weight is 484 g/mol. The molecule has 0 aliphatic heterocycles. The van der Waals surface area contributed by atoms with Gasteiger partial charge in [0.1, 0.15) is 0 Å².